The van der Waals surface area contributed by atoms with Crippen molar-refractivity contribution in [3.05, 3.63) is 12.7 Å². The lowest BCUT2D eigenvalue weighted by Crippen LogP contribution is -2.52. The lowest BCUT2D eigenvalue weighted by Gasteiger charge is -2.38. The molecule has 10 heteroatoms. The Labute approximate surface area is 236 Å². The Hall–Kier alpha value is 0.881. The number of hydrogen-bond acceptors (Lipinski definition) is 4. The lowest BCUT2D eigenvalue weighted by atomic mass is 10.2. The van der Waals surface area contributed by atoms with Gasteiger partial charge in [-0.1, -0.05) is 58.4 Å². The minimum absolute atomic E-state index is 1.17. The second kappa shape index (κ2) is 19.9. The van der Waals surface area contributed by atoms with Crippen LogP contribution in [0.4, 0.5) is 0 Å². The summed E-state index contributed by atoms with van der Waals surface area (Å²) < 4.78 is 24.8. The molecule has 0 rings (SSSR count). The van der Waals surface area contributed by atoms with Crippen molar-refractivity contribution >= 4 is 51.1 Å². The van der Waals surface area contributed by atoms with Gasteiger partial charge in [0.05, 0.1) is 0 Å². The SMILES string of the molecule is C=CCCCC.CCCCCC[Si](C)(O[Si](C)(C)C)O[Si](C)(C)C.C[SiH](O[Si](C)(C)C)O[Si](C)(C)C. The molecular weight excluding hydrogens is 545 g/mol. The Balaban J connectivity index is -0.000000518. The van der Waals surface area contributed by atoms with E-state index < -0.39 is 51.1 Å². The standard InChI is InChI=1S/C13H34O2Si3.C7H22O2Si3.C6H12/c1-9-10-11-12-13-18(8,14-16(2,3)4)15-17(5,6)7;1-10(8-11(2,3)4)9-12(5,6)7;1-3-5-6-4-2/h9-13H2,1-8H3;10H,1-7H3;3H,1,4-6H2,2H3. The molecule has 0 saturated heterocycles. The molecule has 0 unspecified atom stereocenters. The fourth-order valence-corrected chi connectivity index (χ4v) is 24.9. The van der Waals surface area contributed by atoms with E-state index in [9.17, 15) is 0 Å². The average molecular weight is 613 g/mol. The molecule has 0 aliphatic rings. The van der Waals surface area contributed by atoms with E-state index in [1.165, 1.54) is 51.0 Å². The molecular formula is C26H68O4Si6. The van der Waals surface area contributed by atoms with Crippen LogP contribution in [0.2, 0.25) is 97.7 Å². The van der Waals surface area contributed by atoms with Crippen LogP contribution in [0, 0.1) is 0 Å². The molecule has 0 aliphatic carbocycles. The molecule has 0 spiro atoms. The molecule has 0 aromatic carbocycles. The van der Waals surface area contributed by atoms with Gasteiger partial charge in [-0.15, -0.1) is 6.58 Å². The van der Waals surface area contributed by atoms with E-state index in [0.717, 1.165) is 0 Å². The zero-order valence-electron chi connectivity index (χ0n) is 27.7. The zero-order chi connectivity index (χ0) is 29.3. The van der Waals surface area contributed by atoms with Crippen LogP contribution in [0.15, 0.2) is 12.7 Å². The Morgan fingerprint density at radius 2 is 0.972 bits per heavy atom. The third kappa shape index (κ3) is 37.0. The summed E-state index contributed by atoms with van der Waals surface area (Å²) in [5.41, 5.74) is 0. The zero-order valence-corrected chi connectivity index (χ0v) is 33.8. The fourth-order valence-electron chi connectivity index (χ4n) is 3.66. The van der Waals surface area contributed by atoms with Crippen LogP contribution in [0.3, 0.4) is 0 Å². The predicted octanol–water partition coefficient (Wildman–Crippen LogP) is 10.2. The molecule has 0 bridgehead atoms. The monoisotopic (exact) mass is 612 g/mol. The minimum atomic E-state index is -1.95. The maximum Gasteiger partial charge on any atom is 0.314 e. The van der Waals surface area contributed by atoms with E-state index >= 15 is 0 Å². The molecule has 0 atom stereocenters. The first kappa shape index (κ1) is 41.4. The van der Waals surface area contributed by atoms with E-state index in [0.29, 0.717) is 0 Å². The maximum atomic E-state index is 6.47. The summed E-state index contributed by atoms with van der Waals surface area (Å²) in [5.74, 6) is 0. The Kier molecular flexibility index (Phi) is 22.8. The van der Waals surface area contributed by atoms with Gasteiger partial charge in [0, 0.05) is 0 Å². The van der Waals surface area contributed by atoms with Crippen LogP contribution < -0.4 is 0 Å². The van der Waals surface area contributed by atoms with Crippen LogP contribution in [-0.4, -0.2) is 51.1 Å². The summed E-state index contributed by atoms with van der Waals surface area (Å²) in [6.45, 7) is 39.4. The number of rotatable bonds is 16. The summed E-state index contributed by atoms with van der Waals surface area (Å²) in [4.78, 5) is 0. The third-order valence-corrected chi connectivity index (χ3v) is 22.3. The topological polar surface area (TPSA) is 36.9 Å². The van der Waals surface area contributed by atoms with Crippen molar-refractivity contribution in [2.75, 3.05) is 0 Å². The second-order valence-electron chi connectivity index (χ2n) is 13.8. The van der Waals surface area contributed by atoms with Crippen LogP contribution in [-0.2, 0) is 16.5 Å². The highest BCUT2D eigenvalue weighted by molar-refractivity contribution is 6.87. The van der Waals surface area contributed by atoms with E-state index in [1.807, 2.05) is 6.08 Å². The highest BCUT2D eigenvalue weighted by Crippen LogP contribution is 2.26. The Morgan fingerprint density at radius 1 is 0.583 bits per heavy atom. The summed E-state index contributed by atoms with van der Waals surface area (Å²) in [7, 11) is -9.00. The van der Waals surface area contributed by atoms with Gasteiger partial charge < -0.3 is 16.5 Å². The van der Waals surface area contributed by atoms with Gasteiger partial charge in [0.25, 0.3) is 9.28 Å². The highest BCUT2D eigenvalue weighted by atomic mass is 28.5. The van der Waals surface area contributed by atoms with Crippen molar-refractivity contribution in [2.24, 2.45) is 0 Å². The van der Waals surface area contributed by atoms with E-state index in [2.05, 4.69) is 112 Å². The van der Waals surface area contributed by atoms with Crippen LogP contribution in [0.25, 0.3) is 0 Å². The van der Waals surface area contributed by atoms with Crippen molar-refractivity contribution < 1.29 is 16.5 Å². The molecule has 0 radical (unpaired) electrons. The van der Waals surface area contributed by atoms with E-state index in [-0.39, 0.29) is 0 Å². The molecule has 0 aliphatic heterocycles. The summed E-state index contributed by atoms with van der Waals surface area (Å²) in [6, 6.07) is 1.17. The lowest BCUT2D eigenvalue weighted by molar-refractivity contribution is 0.380. The highest BCUT2D eigenvalue weighted by Gasteiger charge is 2.39. The number of allylic oxidation sites excluding steroid dienone is 1. The van der Waals surface area contributed by atoms with Crippen LogP contribution in [0.5, 0.6) is 0 Å². The van der Waals surface area contributed by atoms with Crippen molar-refractivity contribution in [2.45, 2.75) is 156 Å². The minimum Gasteiger partial charge on any atom is -0.439 e. The Morgan fingerprint density at radius 3 is 1.22 bits per heavy atom. The molecule has 0 aromatic heterocycles. The van der Waals surface area contributed by atoms with Gasteiger partial charge in [0.2, 0.25) is 0 Å². The first-order chi connectivity index (χ1) is 16.0. The van der Waals surface area contributed by atoms with Crippen LogP contribution in [0.1, 0.15) is 58.8 Å². The first-order valence-electron chi connectivity index (χ1n) is 14.4. The predicted molar refractivity (Wildman–Crippen MR) is 181 cm³/mol. The molecule has 0 aromatic rings. The van der Waals surface area contributed by atoms with E-state index in [1.54, 1.807) is 0 Å². The maximum absolute atomic E-state index is 6.47. The average Bonchev–Trinajstić information content (AvgIpc) is 2.58. The van der Waals surface area contributed by atoms with Gasteiger partial charge in [-0.05, 0) is 104 Å². The quantitative estimate of drug-likeness (QED) is 0.0987. The fraction of sp³-hybridized carbons (Fsp3) is 0.923. The smallest absolute Gasteiger partial charge is 0.314 e. The van der Waals surface area contributed by atoms with Crippen molar-refractivity contribution in [3.63, 3.8) is 0 Å². The number of hydrogen-bond donors (Lipinski definition) is 0. The van der Waals surface area contributed by atoms with Gasteiger partial charge in [-0.3, -0.25) is 0 Å². The molecule has 0 fully saturated rings. The Bertz CT molecular complexity index is 503. The third-order valence-electron chi connectivity index (χ3n) is 4.33. The van der Waals surface area contributed by atoms with Crippen molar-refractivity contribution in [3.8, 4) is 0 Å². The molecule has 220 valence electrons. The first-order valence-corrected chi connectivity index (χ1v) is 32.6. The van der Waals surface area contributed by atoms with Gasteiger partial charge >= 0.3 is 8.56 Å². The van der Waals surface area contributed by atoms with Crippen LogP contribution >= 0.6 is 0 Å². The van der Waals surface area contributed by atoms with Gasteiger partial charge in [0.15, 0.2) is 33.3 Å². The molecule has 36 heavy (non-hydrogen) atoms. The summed E-state index contributed by atoms with van der Waals surface area (Å²) in [6.07, 6.45) is 10.9. The molecule has 0 heterocycles. The molecule has 4 nitrogen and oxygen atoms in total. The normalized spacial score (nSPS) is 13.0. The van der Waals surface area contributed by atoms with E-state index in [4.69, 9.17) is 16.5 Å². The largest absolute Gasteiger partial charge is 0.439 e. The van der Waals surface area contributed by atoms with Gasteiger partial charge in [-0.25, -0.2) is 0 Å². The second-order valence-corrected chi connectivity index (χ2v) is 38.2. The molecule has 0 saturated carbocycles. The molecule has 0 N–H and O–H groups in total. The molecule has 0 amide bonds. The number of unbranched alkanes of at least 4 members (excludes halogenated alkanes) is 5. The van der Waals surface area contributed by atoms with Crippen molar-refractivity contribution in [1.29, 1.82) is 0 Å². The van der Waals surface area contributed by atoms with Crippen molar-refractivity contribution in [1.82, 2.24) is 0 Å². The van der Waals surface area contributed by atoms with Gasteiger partial charge in [-0.2, -0.15) is 0 Å². The summed E-state index contributed by atoms with van der Waals surface area (Å²) in [5, 5.41) is 0. The van der Waals surface area contributed by atoms with Gasteiger partial charge in [0.1, 0.15) is 0 Å². The summed E-state index contributed by atoms with van der Waals surface area (Å²) >= 11 is 0.